The van der Waals surface area contributed by atoms with Gasteiger partial charge in [-0.1, -0.05) is 55.5 Å². The zero-order valence-corrected chi connectivity index (χ0v) is 17.8. The van der Waals surface area contributed by atoms with Gasteiger partial charge < -0.3 is 20.1 Å². The van der Waals surface area contributed by atoms with Gasteiger partial charge in [-0.2, -0.15) is 13.2 Å². The number of benzene rings is 2. The number of amides is 2. The van der Waals surface area contributed by atoms with Crippen LogP contribution in [0, 0.1) is 0 Å². The minimum atomic E-state index is -4.78. The van der Waals surface area contributed by atoms with E-state index in [1.165, 1.54) is 6.92 Å². The van der Waals surface area contributed by atoms with Crippen LogP contribution in [-0.2, 0) is 14.3 Å². The molecule has 0 saturated carbocycles. The summed E-state index contributed by atoms with van der Waals surface area (Å²) in [5.74, 6) is -2.97. The molecule has 0 bridgehead atoms. The number of nitrogens with zero attached hydrogens (tertiary/aromatic N) is 1. The molecule has 0 aromatic heterocycles. The number of aliphatic carboxylic acids is 1. The van der Waals surface area contributed by atoms with Crippen molar-refractivity contribution in [1.82, 2.24) is 10.2 Å². The molecule has 7 nitrogen and oxygen atoms in total. The van der Waals surface area contributed by atoms with Crippen LogP contribution in [0.15, 0.2) is 48.5 Å². The number of alkyl carbamates (subject to hydrolysis) is 1. The summed E-state index contributed by atoms with van der Waals surface area (Å²) in [6.45, 7) is -1.42. The van der Waals surface area contributed by atoms with Crippen LogP contribution in [0.4, 0.5) is 18.0 Å². The molecule has 0 fully saturated rings. The van der Waals surface area contributed by atoms with Gasteiger partial charge in [0.15, 0.2) is 0 Å². The molecule has 2 aromatic carbocycles. The first-order chi connectivity index (χ1) is 15.6. The number of carboxylic acid groups (broad SMARTS) is 1. The fraction of sp³-hybridized carbons (Fsp3) is 0.348. The number of ether oxygens (including phenoxy) is 1. The van der Waals surface area contributed by atoms with Gasteiger partial charge >= 0.3 is 18.2 Å². The molecule has 3 rings (SSSR count). The zero-order valence-electron chi connectivity index (χ0n) is 17.8. The summed E-state index contributed by atoms with van der Waals surface area (Å²) in [5, 5.41) is 11.1. The van der Waals surface area contributed by atoms with Crippen LogP contribution in [0.2, 0.25) is 0 Å². The van der Waals surface area contributed by atoms with Gasteiger partial charge in [-0.05, 0) is 28.7 Å². The molecule has 33 heavy (non-hydrogen) atoms. The highest BCUT2D eigenvalue weighted by Gasteiger charge is 2.37. The molecule has 10 heteroatoms. The number of nitrogens with one attached hydrogen (secondary N) is 1. The van der Waals surface area contributed by atoms with E-state index >= 15 is 0 Å². The first-order valence-corrected chi connectivity index (χ1v) is 10.3. The molecule has 1 unspecified atom stereocenters. The van der Waals surface area contributed by atoms with E-state index in [1.807, 2.05) is 48.5 Å². The summed E-state index contributed by atoms with van der Waals surface area (Å²) >= 11 is 0. The topological polar surface area (TPSA) is 95.9 Å². The van der Waals surface area contributed by atoms with Gasteiger partial charge in [-0.25, -0.2) is 4.79 Å². The molecule has 0 aliphatic heterocycles. The SMILES string of the molecule is CCC(NC(=O)OCC1c2ccccc2-c2ccccc21)C(=O)N(CC(=O)O)CC(F)(F)F. The number of rotatable bonds is 8. The molecule has 2 amide bonds. The minimum absolute atomic E-state index is 0.0358. The summed E-state index contributed by atoms with van der Waals surface area (Å²) in [5.41, 5.74) is 4.01. The second-order valence-corrected chi connectivity index (χ2v) is 7.63. The van der Waals surface area contributed by atoms with E-state index in [-0.39, 0.29) is 23.8 Å². The number of fused-ring (bicyclic) bond motifs is 3. The predicted molar refractivity (Wildman–Crippen MR) is 113 cm³/mol. The zero-order chi connectivity index (χ0) is 24.2. The molecular weight excluding hydrogens is 441 g/mol. The number of hydrogen-bond donors (Lipinski definition) is 2. The van der Waals surface area contributed by atoms with Crippen molar-refractivity contribution >= 4 is 18.0 Å². The molecule has 0 saturated heterocycles. The molecule has 0 heterocycles. The van der Waals surface area contributed by atoms with Gasteiger partial charge in [0.1, 0.15) is 25.7 Å². The Morgan fingerprint density at radius 1 is 1.06 bits per heavy atom. The van der Waals surface area contributed by atoms with Crippen molar-refractivity contribution in [2.45, 2.75) is 31.5 Å². The van der Waals surface area contributed by atoms with Crippen LogP contribution in [0.1, 0.15) is 30.4 Å². The van der Waals surface area contributed by atoms with E-state index in [0.717, 1.165) is 22.3 Å². The number of carboxylic acids is 1. The Labute approximate surface area is 188 Å². The van der Waals surface area contributed by atoms with Crippen molar-refractivity contribution < 1.29 is 37.4 Å². The lowest BCUT2D eigenvalue weighted by atomic mass is 9.98. The van der Waals surface area contributed by atoms with Crippen molar-refractivity contribution in [1.29, 1.82) is 0 Å². The normalized spacial score (nSPS) is 13.6. The van der Waals surface area contributed by atoms with Gasteiger partial charge in [0.2, 0.25) is 5.91 Å². The molecular formula is C23H23F3N2O5. The van der Waals surface area contributed by atoms with Gasteiger partial charge in [0.05, 0.1) is 0 Å². The Kier molecular flexibility index (Phi) is 7.25. The number of carbonyl (C=O) groups is 3. The average Bonchev–Trinajstić information content (AvgIpc) is 3.07. The highest BCUT2D eigenvalue weighted by Crippen LogP contribution is 2.44. The highest BCUT2D eigenvalue weighted by molar-refractivity contribution is 5.88. The third kappa shape index (κ3) is 5.82. The van der Waals surface area contributed by atoms with Gasteiger partial charge in [-0.3, -0.25) is 9.59 Å². The molecule has 2 N–H and O–H groups in total. The summed E-state index contributed by atoms with van der Waals surface area (Å²) in [6, 6.07) is 14.0. The highest BCUT2D eigenvalue weighted by atomic mass is 19.4. The van der Waals surface area contributed by atoms with Crippen molar-refractivity contribution in [2.24, 2.45) is 0 Å². The average molecular weight is 464 g/mol. The summed E-state index contributed by atoms with van der Waals surface area (Å²) in [6.07, 6.45) is -5.80. The molecule has 1 aliphatic rings. The lowest BCUT2D eigenvalue weighted by molar-refractivity contribution is -0.166. The minimum Gasteiger partial charge on any atom is -0.480 e. The maximum Gasteiger partial charge on any atom is 0.407 e. The fourth-order valence-corrected chi connectivity index (χ4v) is 3.93. The first kappa shape index (κ1) is 24.1. The van der Waals surface area contributed by atoms with Gasteiger partial charge in [0.25, 0.3) is 0 Å². The summed E-state index contributed by atoms with van der Waals surface area (Å²) in [7, 11) is 0. The lowest BCUT2D eigenvalue weighted by Crippen LogP contribution is -2.52. The fourth-order valence-electron chi connectivity index (χ4n) is 3.93. The third-order valence-corrected chi connectivity index (χ3v) is 5.35. The molecule has 176 valence electrons. The standard InChI is InChI=1S/C23H23F3N2O5/c1-2-19(21(31)28(11-20(29)30)13-23(24,25)26)27-22(32)33-12-18-16-9-5-3-7-14(16)15-8-4-6-10-17(15)18/h3-10,18-19H,2,11-13H2,1H3,(H,27,32)(H,29,30). The summed E-state index contributed by atoms with van der Waals surface area (Å²) < 4.78 is 43.7. The lowest BCUT2D eigenvalue weighted by Gasteiger charge is -2.26. The Hall–Kier alpha value is -3.56. The van der Waals surface area contributed by atoms with Crippen molar-refractivity contribution in [3.05, 3.63) is 59.7 Å². The van der Waals surface area contributed by atoms with Gasteiger partial charge in [-0.15, -0.1) is 0 Å². The number of alkyl halides is 3. The second-order valence-electron chi connectivity index (χ2n) is 7.63. The quantitative estimate of drug-likeness (QED) is 0.620. The van der Waals surface area contributed by atoms with Gasteiger partial charge in [0, 0.05) is 5.92 Å². The number of hydrogen-bond acceptors (Lipinski definition) is 4. The van der Waals surface area contributed by atoms with Crippen molar-refractivity contribution in [3.8, 4) is 11.1 Å². The number of halogens is 3. The van der Waals surface area contributed by atoms with Crippen LogP contribution in [-0.4, -0.2) is 59.9 Å². The molecule has 2 aromatic rings. The third-order valence-electron chi connectivity index (χ3n) is 5.35. The Bertz CT molecular complexity index is 995. The maximum absolute atomic E-state index is 12.8. The smallest absolute Gasteiger partial charge is 0.407 e. The predicted octanol–water partition coefficient (Wildman–Crippen LogP) is 3.78. The molecule has 1 aliphatic carbocycles. The molecule has 0 spiro atoms. The monoisotopic (exact) mass is 464 g/mol. The van der Waals surface area contributed by atoms with Crippen LogP contribution in [0.5, 0.6) is 0 Å². The Balaban J connectivity index is 1.67. The Morgan fingerprint density at radius 2 is 1.61 bits per heavy atom. The van der Waals surface area contributed by atoms with Crippen molar-refractivity contribution in [2.75, 3.05) is 19.7 Å². The van der Waals surface area contributed by atoms with Crippen LogP contribution >= 0.6 is 0 Å². The van der Waals surface area contributed by atoms with Crippen LogP contribution < -0.4 is 5.32 Å². The van der Waals surface area contributed by atoms with Crippen molar-refractivity contribution in [3.63, 3.8) is 0 Å². The maximum atomic E-state index is 12.8. The Morgan fingerprint density at radius 3 is 2.09 bits per heavy atom. The first-order valence-electron chi connectivity index (χ1n) is 10.3. The van der Waals surface area contributed by atoms with E-state index in [9.17, 15) is 27.6 Å². The van der Waals surface area contributed by atoms with E-state index in [4.69, 9.17) is 9.84 Å². The van der Waals surface area contributed by atoms with Crippen LogP contribution in [0.3, 0.4) is 0 Å². The van der Waals surface area contributed by atoms with Crippen LogP contribution in [0.25, 0.3) is 11.1 Å². The summed E-state index contributed by atoms with van der Waals surface area (Å²) in [4.78, 5) is 36.0. The molecule has 1 atom stereocenters. The van der Waals surface area contributed by atoms with E-state index < -0.39 is 43.3 Å². The van der Waals surface area contributed by atoms with E-state index in [0.29, 0.717) is 0 Å². The second kappa shape index (κ2) is 9.93. The number of carbonyl (C=O) groups excluding carboxylic acids is 2. The van der Waals surface area contributed by atoms with E-state index in [1.54, 1.807) is 0 Å². The molecule has 0 radical (unpaired) electrons. The van der Waals surface area contributed by atoms with E-state index in [2.05, 4.69) is 5.32 Å². The largest absolute Gasteiger partial charge is 0.480 e.